The number of ether oxygens (including phenoxy) is 1. The van der Waals surface area contributed by atoms with Crippen LogP contribution in [0.3, 0.4) is 0 Å². The van der Waals surface area contributed by atoms with E-state index in [1.54, 1.807) is 25.7 Å². The van der Waals surface area contributed by atoms with Crippen molar-refractivity contribution in [2.45, 2.75) is 74.4 Å². The molecule has 0 aliphatic heterocycles. The number of aromatic nitrogens is 1. The Balaban J connectivity index is 3.33. The first kappa shape index (κ1) is 22.9. The summed E-state index contributed by atoms with van der Waals surface area (Å²) in [5.74, 6) is -0.238. The topological polar surface area (TPSA) is 68.6 Å². The molecule has 27 heavy (non-hydrogen) atoms. The summed E-state index contributed by atoms with van der Waals surface area (Å²) >= 11 is 0. The Kier molecular flexibility index (Phi) is 8.25. The van der Waals surface area contributed by atoms with E-state index in [2.05, 4.69) is 13.8 Å². The molecule has 1 atom stereocenters. The lowest BCUT2D eigenvalue weighted by molar-refractivity contribution is -0.130. The van der Waals surface area contributed by atoms with Crippen molar-refractivity contribution in [2.24, 2.45) is 5.92 Å². The summed E-state index contributed by atoms with van der Waals surface area (Å²) in [6.45, 7) is 16.1. The SMILES string of the molecule is CCOC(=O)c1c(C)c(C(=O)C(C)N(CCC(C)C)C(C)=O)c(C)n1CC. The highest BCUT2D eigenvalue weighted by Gasteiger charge is 2.31. The number of hydrogen-bond acceptors (Lipinski definition) is 4. The van der Waals surface area contributed by atoms with E-state index in [4.69, 9.17) is 4.74 Å². The zero-order valence-electron chi connectivity index (χ0n) is 18.0. The number of amides is 1. The minimum Gasteiger partial charge on any atom is -0.461 e. The van der Waals surface area contributed by atoms with Crippen LogP contribution in [-0.4, -0.2) is 46.3 Å². The van der Waals surface area contributed by atoms with Gasteiger partial charge in [-0.2, -0.15) is 0 Å². The van der Waals surface area contributed by atoms with Crippen molar-refractivity contribution in [3.63, 3.8) is 0 Å². The van der Waals surface area contributed by atoms with Gasteiger partial charge in [0.15, 0.2) is 5.78 Å². The van der Waals surface area contributed by atoms with Crippen molar-refractivity contribution in [1.82, 2.24) is 9.47 Å². The number of hydrogen-bond donors (Lipinski definition) is 0. The van der Waals surface area contributed by atoms with Crippen molar-refractivity contribution in [3.05, 3.63) is 22.5 Å². The van der Waals surface area contributed by atoms with Gasteiger partial charge in [-0.05, 0) is 52.5 Å². The first-order valence-corrected chi connectivity index (χ1v) is 9.76. The van der Waals surface area contributed by atoms with Crippen LogP contribution in [0.1, 0.15) is 80.1 Å². The Morgan fingerprint density at radius 1 is 1.11 bits per heavy atom. The van der Waals surface area contributed by atoms with Crippen molar-refractivity contribution in [1.29, 1.82) is 0 Å². The minimum absolute atomic E-state index is 0.118. The lowest BCUT2D eigenvalue weighted by atomic mass is 9.99. The van der Waals surface area contributed by atoms with Gasteiger partial charge in [-0.15, -0.1) is 0 Å². The van der Waals surface area contributed by atoms with Crippen molar-refractivity contribution < 1.29 is 19.1 Å². The van der Waals surface area contributed by atoms with Crippen LogP contribution in [0, 0.1) is 19.8 Å². The van der Waals surface area contributed by atoms with Crippen LogP contribution < -0.4 is 0 Å². The Hall–Kier alpha value is -2.11. The van der Waals surface area contributed by atoms with Crippen LogP contribution in [0.4, 0.5) is 0 Å². The molecule has 0 fully saturated rings. The highest BCUT2D eigenvalue weighted by Crippen LogP contribution is 2.26. The van der Waals surface area contributed by atoms with Crippen LogP contribution in [0.25, 0.3) is 0 Å². The molecule has 1 unspecified atom stereocenters. The van der Waals surface area contributed by atoms with E-state index in [9.17, 15) is 14.4 Å². The minimum atomic E-state index is -0.582. The third-order valence-corrected chi connectivity index (χ3v) is 5.00. The molecule has 6 heteroatoms. The number of nitrogens with zero attached hydrogens (tertiary/aromatic N) is 2. The second-order valence-electron chi connectivity index (χ2n) is 7.33. The highest BCUT2D eigenvalue weighted by molar-refractivity contribution is 6.06. The van der Waals surface area contributed by atoms with Gasteiger partial charge < -0.3 is 14.2 Å². The molecular weight excluding hydrogens is 344 g/mol. The number of ketones is 1. The fraction of sp³-hybridized carbons (Fsp3) is 0.667. The van der Waals surface area contributed by atoms with Gasteiger partial charge in [-0.25, -0.2) is 4.79 Å². The molecule has 1 aromatic rings. The lowest BCUT2D eigenvalue weighted by Gasteiger charge is -2.28. The van der Waals surface area contributed by atoms with Crippen LogP contribution >= 0.6 is 0 Å². The number of carbonyl (C=O) groups is 3. The Labute approximate surface area is 162 Å². The molecule has 0 saturated carbocycles. The molecule has 0 aliphatic rings. The van der Waals surface area contributed by atoms with Gasteiger partial charge in [0.1, 0.15) is 5.69 Å². The molecule has 0 aliphatic carbocycles. The molecule has 0 N–H and O–H groups in total. The molecular formula is C21H34N2O4. The summed E-state index contributed by atoms with van der Waals surface area (Å²) in [5, 5.41) is 0. The number of rotatable bonds is 9. The highest BCUT2D eigenvalue weighted by atomic mass is 16.5. The van der Waals surface area contributed by atoms with E-state index in [0.29, 0.717) is 35.8 Å². The van der Waals surface area contributed by atoms with Crippen LogP contribution in [0.15, 0.2) is 0 Å². The van der Waals surface area contributed by atoms with E-state index >= 15 is 0 Å². The third kappa shape index (κ3) is 4.99. The maximum atomic E-state index is 13.3. The Morgan fingerprint density at radius 2 is 1.70 bits per heavy atom. The first-order chi connectivity index (χ1) is 12.6. The van der Waals surface area contributed by atoms with Crippen molar-refractivity contribution in [2.75, 3.05) is 13.2 Å². The summed E-state index contributed by atoms with van der Waals surface area (Å²) in [4.78, 5) is 39.4. The standard InChI is InChI=1S/C21H34N2O4/c1-9-22-15(6)18(14(5)19(22)21(26)27-10-2)20(25)16(7)23(17(8)24)12-11-13(3)4/h13,16H,9-12H2,1-8H3. The quantitative estimate of drug-likeness (QED) is 0.484. The van der Waals surface area contributed by atoms with E-state index in [1.165, 1.54) is 6.92 Å². The van der Waals surface area contributed by atoms with Gasteiger partial charge in [-0.3, -0.25) is 9.59 Å². The second kappa shape index (κ2) is 9.72. The molecule has 0 radical (unpaired) electrons. The van der Waals surface area contributed by atoms with Gasteiger partial charge in [-0.1, -0.05) is 13.8 Å². The van der Waals surface area contributed by atoms with Gasteiger partial charge in [0, 0.05) is 31.3 Å². The first-order valence-electron chi connectivity index (χ1n) is 9.76. The van der Waals surface area contributed by atoms with Gasteiger partial charge in [0.2, 0.25) is 5.91 Å². The molecule has 0 saturated heterocycles. The summed E-state index contributed by atoms with van der Waals surface area (Å²) < 4.78 is 6.99. The molecule has 6 nitrogen and oxygen atoms in total. The normalized spacial score (nSPS) is 12.2. The van der Waals surface area contributed by atoms with E-state index in [0.717, 1.165) is 12.1 Å². The molecule has 0 aromatic carbocycles. The Morgan fingerprint density at radius 3 is 2.15 bits per heavy atom. The zero-order valence-corrected chi connectivity index (χ0v) is 18.0. The molecule has 1 aromatic heterocycles. The maximum Gasteiger partial charge on any atom is 0.355 e. The number of Topliss-reactive ketones (excluding diaryl/α,β-unsaturated/α-hetero) is 1. The van der Waals surface area contributed by atoms with Crippen molar-refractivity contribution in [3.8, 4) is 0 Å². The third-order valence-electron chi connectivity index (χ3n) is 5.00. The average Bonchev–Trinajstić information content (AvgIpc) is 2.83. The summed E-state index contributed by atoms with van der Waals surface area (Å²) in [5.41, 5.74) is 2.30. The predicted molar refractivity (Wildman–Crippen MR) is 106 cm³/mol. The zero-order chi connectivity index (χ0) is 20.9. The van der Waals surface area contributed by atoms with Gasteiger partial charge in [0.05, 0.1) is 12.6 Å². The summed E-state index contributed by atoms with van der Waals surface area (Å²) in [7, 11) is 0. The summed E-state index contributed by atoms with van der Waals surface area (Å²) in [6, 6.07) is -0.582. The molecule has 0 spiro atoms. The fourth-order valence-electron chi connectivity index (χ4n) is 3.49. The average molecular weight is 379 g/mol. The molecule has 1 rings (SSSR count). The molecule has 152 valence electrons. The van der Waals surface area contributed by atoms with Crippen LogP contribution in [0.5, 0.6) is 0 Å². The molecule has 1 heterocycles. The largest absolute Gasteiger partial charge is 0.461 e. The van der Waals surface area contributed by atoms with E-state index < -0.39 is 12.0 Å². The van der Waals surface area contributed by atoms with E-state index in [-0.39, 0.29) is 18.3 Å². The molecule has 0 bridgehead atoms. The van der Waals surface area contributed by atoms with Crippen molar-refractivity contribution >= 4 is 17.7 Å². The number of esters is 1. The monoisotopic (exact) mass is 378 g/mol. The Bertz CT molecular complexity index is 704. The fourth-order valence-corrected chi connectivity index (χ4v) is 3.49. The number of carbonyl (C=O) groups excluding carboxylic acids is 3. The van der Waals surface area contributed by atoms with Crippen LogP contribution in [0.2, 0.25) is 0 Å². The molecule has 1 amide bonds. The smallest absolute Gasteiger partial charge is 0.355 e. The van der Waals surface area contributed by atoms with Crippen LogP contribution in [-0.2, 0) is 16.1 Å². The van der Waals surface area contributed by atoms with Gasteiger partial charge >= 0.3 is 5.97 Å². The maximum absolute atomic E-state index is 13.3. The second-order valence-corrected chi connectivity index (χ2v) is 7.33. The van der Waals surface area contributed by atoms with E-state index in [1.807, 2.05) is 18.4 Å². The predicted octanol–water partition coefficient (Wildman–Crippen LogP) is 3.77. The lowest BCUT2D eigenvalue weighted by Crippen LogP contribution is -2.43. The summed E-state index contributed by atoms with van der Waals surface area (Å²) in [6.07, 6.45) is 0.833. The van der Waals surface area contributed by atoms with Gasteiger partial charge in [0.25, 0.3) is 0 Å².